The average Bonchev–Trinajstić information content (AvgIpc) is 3.16. The molecule has 6 nitrogen and oxygen atoms in total. The third-order valence-electron chi connectivity index (χ3n) is 3.63. The summed E-state index contributed by atoms with van der Waals surface area (Å²) < 4.78 is 7.70. The van der Waals surface area contributed by atoms with Crippen molar-refractivity contribution >= 4 is 0 Å². The van der Waals surface area contributed by atoms with E-state index in [1.165, 1.54) is 5.56 Å². The molecule has 3 aromatic rings. The van der Waals surface area contributed by atoms with Crippen molar-refractivity contribution in [3.05, 3.63) is 53.7 Å². The van der Waals surface area contributed by atoms with Crippen molar-refractivity contribution in [2.24, 2.45) is 0 Å². The van der Waals surface area contributed by atoms with Gasteiger partial charge in [-0.3, -0.25) is 4.68 Å². The van der Waals surface area contributed by atoms with Crippen molar-refractivity contribution in [3.63, 3.8) is 0 Å². The van der Waals surface area contributed by atoms with Gasteiger partial charge in [0.1, 0.15) is 0 Å². The lowest BCUT2D eigenvalue weighted by atomic mass is 10.1. The predicted molar refractivity (Wildman–Crippen MR) is 87.9 cm³/mol. The van der Waals surface area contributed by atoms with E-state index in [2.05, 4.69) is 20.6 Å². The van der Waals surface area contributed by atoms with Crippen molar-refractivity contribution in [2.45, 2.75) is 33.4 Å². The van der Waals surface area contributed by atoms with Gasteiger partial charge < -0.3 is 9.73 Å². The van der Waals surface area contributed by atoms with Gasteiger partial charge in [0.15, 0.2) is 0 Å². The smallest absolute Gasteiger partial charge is 0.247 e. The van der Waals surface area contributed by atoms with Crippen LogP contribution in [0.5, 0.6) is 0 Å². The number of hydrogen-bond acceptors (Lipinski definition) is 5. The molecule has 0 spiro atoms. The van der Waals surface area contributed by atoms with Gasteiger partial charge in [-0.15, -0.1) is 10.2 Å². The fourth-order valence-corrected chi connectivity index (χ4v) is 2.38. The molecule has 1 atom stereocenters. The van der Waals surface area contributed by atoms with Crippen LogP contribution < -0.4 is 5.32 Å². The molecule has 2 heterocycles. The number of benzene rings is 1. The second kappa shape index (κ2) is 6.75. The molecule has 6 heteroatoms. The van der Waals surface area contributed by atoms with Crippen LogP contribution in [-0.2, 0) is 6.54 Å². The minimum absolute atomic E-state index is 0.00211. The van der Waals surface area contributed by atoms with Crippen LogP contribution in [-0.4, -0.2) is 26.5 Å². The Hall–Kier alpha value is -2.47. The second-order valence-corrected chi connectivity index (χ2v) is 5.77. The normalized spacial score (nSPS) is 12.5. The van der Waals surface area contributed by atoms with Crippen LogP contribution in [0.15, 0.2) is 41.1 Å². The summed E-state index contributed by atoms with van der Waals surface area (Å²) in [6.07, 6.45) is 3.88. The summed E-state index contributed by atoms with van der Waals surface area (Å²) in [4.78, 5) is 0. The van der Waals surface area contributed by atoms with Gasteiger partial charge in [0.05, 0.1) is 18.8 Å². The van der Waals surface area contributed by atoms with Gasteiger partial charge in [0.25, 0.3) is 0 Å². The predicted octanol–water partition coefficient (Wildman–Crippen LogP) is 2.90. The number of nitrogens with one attached hydrogen (secondary N) is 1. The number of aromatic nitrogens is 4. The van der Waals surface area contributed by atoms with E-state index in [1.807, 2.05) is 62.1 Å². The fourth-order valence-electron chi connectivity index (χ4n) is 2.38. The van der Waals surface area contributed by atoms with Crippen LogP contribution >= 0.6 is 0 Å². The van der Waals surface area contributed by atoms with E-state index in [0.717, 1.165) is 24.2 Å². The first-order chi connectivity index (χ1) is 11.1. The second-order valence-electron chi connectivity index (χ2n) is 5.77. The summed E-state index contributed by atoms with van der Waals surface area (Å²) in [6, 6.07) is 8.04. The van der Waals surface area contributed by atoms with E-state index in [0.29, 0.717) is 11.8 Å². The molecule has 0 unspecified atom stereocenters. The monoisotopic (exact) mass is 311 g/mol. The minimum Gasteiger partial charge on any atom is -0.419 e. The zero-order valence-electron chi connectivity index (χ0n) is 13.7. The molecule has 0 saturated heterocycles. The lowest BCUT2D eigenvalue weighted by Crippen LogP contribution is -2.23. The molecule has 0 aliphatic rings. The SMILES string of the molecule is Cc1cccc(-c2nnc([C@@H](C)NCCn3cc(C)cn3)o2)c1. The highest BCUT2D eigenvalue weighted by atomic mass is 16.4. The average molecular weight is 311 g/mol. The first-order valence-electron chi connectivity index (χ1n) is 7.75. The Bertz CT molecular complexity index is 777. The molecule has 1 N–H and O–H groups in total. The summed E-state index contributed by atoms with van der Waals surface area (Å²) in [5, 5.41) is 15.9. The zero-order chi connectivity index (χ0) is 16.2. The van der Waals surface area contributed by atoms with Crippen LogP contribution in [0.4, 0.5) is 0 Å². The van der Waals surface area contributed by atoms with Gasteiger partial charge in [0, 0.05) is 18.3 Å². The molecule has 120 valence electrons. The summed E-state index contributed by atoms with van der Waals surface area (Å²) >= 11 is 0. The van der Waals surface area contributed by atoms with E-state index in [1.54, 1.807) is 0 Å². The number of aryl methyl sites for hydroxylation is 2. The number of nitrogens with zero attached hydrogens (tertiary/aromatic N) is 4. The molecule has 0 aliphatic heterocycles. The van der Waals surface area contributed by atoms with Gasteiger partial charge in [0.2, 0.25) is 11.8 Å². The van der Waals surface area contributed by atoms with Crippen LogP contribution in [0, 0.1) is 13.8 Å². The Morgan fingerprint density at radius 2 is 2.09 bits per heavy atom. The molecule has 2 aromatic heterocycles. The quantitative estimate of drug-likeness (QED) is 0.758. The van der Waals surface area contributed by atoms with Gasteiger partial charge in [-0.05, 0) is 38.5 Å². The third-order valence-corrected chi connectivity index (χ3v) is 3.63. The van der Waals surface area contributed by atoms with E-state index in [4.69, 9.17) is 4.42 Å². The summed E-state index contributed by atoms with van der Waals surface area (Å²) in [6.45, 7) is 7.68. The maximum absolute atomic E-state index is 5.79. The van der Waals surface area contributed by atoms with E-state index in [9.17, 15) is 0 Å². The molecule has 0 aliphatic carbocycles. The Labute approximate surface area is 135 Å². The minimum atomic E-state index is -0.00211. The molecule has 0 radical (unpaired) electrons. The molecule has 0 saturated carbocycles. The van der Waals surface area contributed by atoms with Crippen molar-refractivity contribution in [1.29, 1.82) is 0 Å². The van der Waals surface area contributed by atoms with Gasteiger partial charge in [-0.25, -0.2) is 0 Å². The summed E-state index contributed by atoms with van der Waals surface area (Å²) in [7, 11) is 0. The van der Waals surface area contributed by atoms with Crippen molar-refractivity contribution in [3.8, 4) is 11.5 Å². The number of hydrogen-bond donors (Lipinski definition) is 1. The molecule has 3 rings (SSSR count). The third kappa shape index (κ3) is 3.84. The first kappa shape index (κ1) is 15.4. The van der Waals surface area contributed by atoms with E-state index < -0.39 is 0 Å². The highest BCUT2D eigenvalue weighted by molar-refractivity contribution is 5.53. The highest BCUT2D eigenvalue weighted by Crippen LogP contribution is 2.21. The van der Waals surface area contributed by atoms with Gasteiger partial charge in [-0.2, -0.15) is 5.10 Å². The van der Waals surface area contributed by atoms with Gasteiger partial charge >= 0.3 is 0 Å². The molecule has 23 heavy (non-hydrogen) atoms. The topological polar surface area (TPSA) is 68.8 Å². The Balaban J connectivity index is 1.58. The Morgan fingerprint density at radius 3 is 2.83 bits per heavy atom. The molecular formula is C17H21N5O. The van der Waals surface area contributed by atoms with E-state index >= 15 is 0 Å². The Morgan fingerprint density at radius 1 is 1.22 bits per heavy atom. The zero-order valence-corrected chi connectivity index (χ0v) is 13.7. The molecule has 0 bridgehead atoms. The summed E-state index contributed by atoms with van der Waals surface area (Å²) in [5.41, 5.74) is 3.28. The lowest BCUT2D eigenvalue weighted by Gasteiger charge is -2.09. The lowest BCUT2D eigenvalue weighted by molar-refractivity contribution is 0.411. The van der Waals surface area contributed by atoms with Crippen LogP contribution in [0.25, 0.3) is 11.5 Å². The first-order valence-corrected chi connectivity index (χ1v) is 7.75. The molecule has 0 fully saturated rings. The maximum atomic E-state index is 5.79. The highest BCUT2D eigenvalue weighted by Gasteiger charge is 2.14. The van der Waals surface area contributed by atoms with Gasteiger partial charge in [-0.1, -0.05) is 17.7 Å². The Kier molecular flexibility index (Phi) is 4.52. The van der Waals surface area contributed by atoms with Crippen molar-refractivity contribution < 1.29 is 4.42 Å². The number of rotatable bonds is 6. The molecular weight excluding hydrogens is 290 g/mol. The molecule has 1 aromatic carbocycles. The van der Waals surface area contributed by atoms with E-state index in [-0.39, 0.29) is 6.04 Å². The van der Waals surface area contributed by atoms with Crippen LogP contribution in [0.3, 0.4) is 0 Å². The summed E-state index contributed by atoms with van der Waals surface area (Å²) in [5.74, 6) is 1.15. The molecule has 0 amide bonds. The van der Waals surface area contributed by atoms with Crippen LogP contribution in [0.2, 0.25) is 0 Å². The standard InChI is InChI=1S/C17H21N5O/c1-12-5-4-6-15(9-12)17-21-20-16(23-17)14(3)18-7-8-22-11-13(2)10-19-22/h4-6,9-11,14,18H,7-8H2,1-3H3/t14-/m1/s1. The van der Waals surface area contributed by atoms with Crippen LogP contribution in [0.1, 0.15) is 30.0 Å². The van der Waals surface area contributed by atoms with Crippen molar-refractivity contribution in [2.75, 3.05) is 6.54 Å². The maximum Gasteiger partial charge on any atom is 0.247 e. The largest absolute Gasteiger partial charge is 0.419 e. The fraction of sp³-hybridized carbons (Fsp3) is 0.353. The van der Waals surface area contributed by atoms with Crippen molar-refractivity contribution in [1.82, 2.24) is 25.3 Å².